The maximum absolute atomic E-state index is 12.9. The largest absolute Gasteiger partial charge is 0.480 e. The van der Waals surface area contributed by atoms with Gasteiger partial charge in [0.2, 0.25) is 5.91 Å². The molecular formula is C20H27N3O4. The summed E-state index contributed by atoms with van der Waals surface area (Å²) in [5.41, 5.74) is 0.253. The van der Waals surface area contributed by atoms with Gasteiger partial charge in [0.1, 0.15) is 12.1 Å². The lowest BCUT2D eigenvalue weighted by atomic mass is 10.0. The zero-order chi connectivity index (χ0) is 20.1. The standard InChI is InChI=1S/C20H27N3O4/c1-12(2)9-16(20(26)27)22-18(24)17(10-13(3)4)23-11-21-15-8-6-5-7-14(15)19(23)25/h5-8,11-13,16-17H,9-10H2,1-4H3,(H,22,24)(H,26,27). The molecule has 1 heterocycles. The summed E-state index contributed by atoms with van der Waals surface area (Å²) in [6.07, 6.45) is 2.09. The fourth-order valence-electron chi connectivity index (χ4n) is 3.06. The van der Waals surface area contributed by atoms with E-state index in [0.29, 0.717) is 23.7 Å². The average Bonchev–Trinajstić information content (AvgIpc) is 2.59. The van der Waals surface area contributed by atoms with Crippen LogP contribution in [0.15, 0.2) is 35.4 Å². The number of fused-ring (bicyclic) bond motifs is 1. The van der Waals surface area contributed by atoms with Gasteiger partial charge in [-0.15, -0.1) is 0 Å². The molecule has 0 bridgehead atoms. The second-order valence-corrected chi connectivity index (χ2v) is 7.65. The molecule has 2 atom stereocenters. The first-order valence-corrected chi connectivity index (χ1v) is 9.19. The van der Waals surface area contributed by atoms with Crippen molar-refractivity contribution in [1.29, 1.82) is 0 Å². The summed E-state index contributed by atoms with van der Waals surface area (Å²) in [6, 6.07) is 5.14. The molecule has 1 amide bonds. The molecule has 146 valence electrons. The molecule has 0 aliphatic carbocycles. The normalized spacial score (nSPS) is 13.7. The van der Waals surface area contributed by atoms with Crippen molar-refractivity contribution < 1.29 is 14.7 Å². The van der Waals surface area contributed by atoms with Crippen molar-refractivity contribution in [2.45, 2.75) is 52.6 Å². The Bertz CT molecular complexity index is 873. The minimum Gasteiger partial charge on any atom is -0.480 e. The Balaban J connectivity index is 2.40. The van der Waals surface area contributed by atoms with Crippen LogP contribution in [0, 0.1) is 11.8 Å². The second-order valence-electron chi connectivity index (χ2n) is 7.65. The van der Waals surface area contributed by atoms with Crippen LogP contribution in [0.5, 0.6) is 0 Å². The van der Waals surface area contributed by atoms with Crippen molar-refractivity contribution in [2.75, 3.05) is 0 Å². The molecule has 0 spiro atoms. The molecule has 2 N–H and O–H groups in total. The van der Waals surface area contributed by atoms with Crippen LogP contribution in [-0.4, -0.2) is 32.6 Å². The van der Waals surface area contributed by atoms with Gasteiger partial charge in [-0.05, 0) is 36.8 Å². The quantitative estimate of drug-likeness (QED) is 0.741. The van der Waals surface area contributed by atoms with E-state index in [9.17, 15) is 19.5 Å². The summed E-state index contributed by atoms with van der Waals surface area (Å²) >= 11 is 0. The Labute approximate surface area is 158 Å². The predicted molar refractivity (Wildman–Crippen MR) is 104 cm³/mol. The number of rotatable bonds is 8. The van der Waals surface area contributed by atoms with E-state index in [2.05, 4.69) is 10.3 Å². The zero-order valence-corrected chi connectivity index (χ0v) is 16.2. The summed E-state index contributed by atoms with van der Waals surface area (Å²) in [4.78, 5) is 41.6. The Morgan fingerprint density at radius 1 is 1.11 bits per heavy atom. The van der Waals surface area contributed by atoms with Gasteiger partial charge in [-0.1, -0.05) is 39.8 Å². The summed E-state index contributed by atoms with van der Waals surface area (Å²) in [5.74, 6) is -1.31. The number of carboxylic acid groups (broad SMARTS) is 1. The van der Waals surface area contributed by atoms with Gasteiger partial charge in [-0.25, -0.2) is 9.78 Å². The molecule has 0 saturated carbocycles. The number of carbonyl (C=O) groups is 2. The van der Waals surface area contributed by atoms with E-state index in [-0.39, 0.29) is 17.4 Å². The van der Waals surface area contributed by atoms with Gasteiger partial charge in [0.05, 0.1) is 17.2 Å². The van der Waals surface area contributed by atoms with Crippen LogP contribution >= 0.6 is 0 Å². The van der Waals surface area contributed by atoms with E-state index < -0.39 is 24.0 Å². The molecular weight excluding hydrogens is 346 g/mol. The second kappa shape index (κ2) is 8.79. The highest BCUT2D eigenvalue weighted by Crippen LogP contribution is 2.18. The van der Waals surface area contributed by atoms with Crippen LogP contribution < -0.4 is 10.9 Å². The van der Waals surface area contributed by atoms with E-state index in [0.717, 1.165) is 0 Å². The molecule has 2 unspecified atom stereocenters. The number of hydrogen-bond donors (Lipinski definition) is 2. The zero-order valence-electron chi connectivity index (χ0n) is 16.2. The average molecular weight is 373 g/mol. The maximum Gasteiger partial charge on any atom is 0.326 e. The lowest BCUT2D eigenvalue weighted by molar-refractivity contribution is -0.142. The van der Waals surface area contributed by atoms with E-state index >= 15 is 0 Å². The number of nitrogens with one attached hydrogen (secondary N) is 1. The SMILES string of the molecule is CC(C)CC(NC(=O)C(CC(C)C)n1cnc2ccccc2c1=O)C(=O)O. The van der Waals surface area contributed by atoms with Gasteiger partial charge in [0, 0.05) is 0 Å². The maximum atomic E-state index is 12.9. The molecule has 2 aromatic rings. The van der Waals surface area contributed by atoms with E-state index in [1.54, 1.807) is 24.3 Å². The van der Waals surface area contributed by atoms with Crippen LogP contribution in [0.25, 0.3) is 10.9 Å². The molecule has 1 aromatic heterocycles. The van der Waals surface area contributed by atoms with Crippen LogP contribution in [0.3, 0.4) is 0 Å². The first-order chi connectivity index (χ1) is 12.7. The highest BCUT2D eigenvalue weighted by atomic mass is 16.4. The summed E-state index contributed by atoms with van der Waals surface area (Å²) in [5, 5.41) is 12.4. The van der Waals surface area contributed by atoms with Crippen molar-refractivity contribution in [1.82, 2.24) is 14.9 Å². The van der Waals surface area contributed by atoms with E-state index in [4.69, 9.17) is 0 Å². The first-order valence-electron chi connectivity index (χ1n) is 9.19. The number of aromatic nitrogens is 2. The molecule has 1 aromatic carbocycles. The lowest BCUT2D eigenvalue weighted by Crippen LogP contribution is -2.46. The molecule has 7 heteroatoms. The van der Waals surface area contributed by atoms with Gasteiger partial charge in [-0.3, -0.25) is 14.2 Å². The number of benzene rings is 1. The molecule has 0 fully saturated rings. The van der Waals surface area contributed by atoms with Crippen LogP contribution in [-0.2, 0) is 9.59 Å². The van der Waals surface area contributed by atoms with E-state index in [1.807, 2.05) is 27.7 Å². The molecule has 0 radical (unpaired) electrons. The van der Waals surface area contributed by atoms with Crippen LogP contribution in [0.4, 0.5) is 0 Å². The lowest BCUT2D eigenvalue weighted by Gasteiger charge is -2.24. The third-order valence-corrected chi connectivity index (χ3v) is 4.34. The van der Waals surface area contributed by atoms with Gasteiger partial charge in [0.15, 0.2) is 0 Å². The smallest absolute Gasteiger partial charge is 0.326 e. The van der Waals surface area contributed by atoms with Crippen LogP contribution in [0.1, 0.15) is 46.6 Å². The molecule has 0 saturated heterocycles. The first kappa shape index (κ1) is 20.6. The van der Waals surface area contributed by atoms with Crippen molar-refractivity contribution in [2.24, 2.45) is 11.8 Å². The van der Waals surface area contributed by atoms with Crippen molar-refractivity contribution in [3.63, 3.8) is 0 Å². The number of aliphatic carboxylic acids is 1. The third kappa shape index (κ3) is 5.15. The fraction of sp³-hybridized carbons (Fsp3) is 0.500. The van der Waals surface area contributed by atoms with Crippen LogP contribution in [0.2, 0.25) is 0 Å². The summed E-state index contributed by atoms with van der Waals surface area (Å²) < 4.78 is 1.31. The molecule has 7 nitrogen and oxygen atoms in total. The summed E-state index contributed by atoms with van der Waals surface area (Å²) in [7, 11) is 0. The highest BCUT2D eigenvalue weighted by Gasteiger charge is 2.28. The Hall–Kier alpha value is -2.70. The van der Waals surface area contributed by atoms with Crippen molar-refractivity contribution in [3.05, 3.63) is 40.9 Å². The van der Waals surface area contributed by atoms with Gasteiger partial charge < -0.3 is 10.4 Å². The summed E-state index contributed by atoms with van der Waals surface area (Å²) in [6.45, 7) is 7.68. The molecule has 0 aliphatic heterocycles. The molecule has 27 heavy (non-hydrogen) atoms. The predicted octanol–water partition coefficient (Wildman–Crippen LogP) is 2.60. The monoisotopic (exact) mass is 373 g/mol. The minimum atomic E-state index is -1.08. The topological polar surface area (TPSA) is 101 Å². The number of carbonyl (C=O) groups excluding carboxylic acids is 1. The fourth-order valence-corrected chi connectivity index (χ4v) is 3.06. The Morgan fingerprint density at radius 3 is 2.33 bits per heavy atom. The third-order valence-electron chi connectivity index (χ3n) is 4.34. The van der Waals surface area contributed by atoms with Gasteiger partial charge in [0.25, 0.3) is 5.56 Å². The van der Waals surface area contributed by atoms with Crippen molar-refractivity contribution in [3.8, 4) is 0 Å². The number of para-hydroxylation sites is 1. The number of nitrogens with zero attached hydrogens (tertiary/aromatic N) is 2. The van der Waals surface area contributed by atoms with Gasteiger partial charge >= 0.3 is 5.97 Å². The van der Waals surface area contributed by atoms with Crippen molar-refractivity contribution >= 4 is 22.8 Å². The molecule has 0 aliphatic rings. The Kier molecular flexibility index (Phi) is 6.71. The Morgan fingerprint density at radius 2 is 1.74 bits per heavy atom. The van der Waals surface area contributed by atoms with E-state index in [1.165, 1.54) is 10.9 Å². The minimum absolute atomic E-state index is 0.111. The molecule has 2 rings (SSSR count). The number of amides is 1. The highest BCUT2D eigenvalue weighted by molar-refractivity contribution is 5.86. The number of hydrogen-bond acceptors (Lipinski definition) is 4. The van der Waals surface area contributed by atoms with Gasteiger partial charge in [-0.2, -0.15) is 0 Å². The number of carboxylic acids is 1.